The Morgan fingerprint density at radius 1 is 1.16 bits per heavy atom. The number of benzene rings is 2. The first kappa shape index (κ1) is 20.8. The second-order valence-corrected chi connectivity index (χ2v) is 9.71. The molecule has 158 valence electrons. The third-order valence-electron chi connectivity index (χ3n) is 4.34. The van der Waals surface area contributed by atoms with Gasteiger partial charge in [0.1, 0.15) is 12.4 Å². The molecular weight excluding hydrogens is 443 g/mol. The number of aromatic nitrogens is 3. The van der Waals surface area contributed by atoms with Gasteiger partial charge in [0, 0.05) is 17.9 Å². The summed E-state index contributed by atoms with van der Waals surface area (Å²) in [4.78, 5) is 28.9. The van der Waals surface area contributed by atoms with Gasteiger partial charge in [0.2, 0.25) is 5.91 Å². The number of carbonyl (C=O) groups excluding carboxylic acids is 1. The van der Waals surface area contributed by atoms with E-state index in [9.17, 15) is 22.4 Å². The highest BCUT2D eigenvalue weighted by Gasteiger charge is 2.14. The molecule has 0 bridgehead atoms. The van der Waals surface area contributed by atoms with E-state index in [1.807, 2.05) is 0 Å². The summed E-state index contributed by atoms with van der Waals surface area (Å²) in [5, 5.41) is 6.92. The Morgan fingerprint density at radius 2 is 1.94 bits per heavy atom. The quantitative estimate of drug-likeness (QED) is 0.492. The Kier molecular flexibility index (Phi) is 5.38. The molecule has 0 aliphatic heterocycles. The lowest BCUT2D eigenvalue weighted by Crippen LogP contribution is -2.29. The van der Waals surface area contributed by atoms with Crippen LogP contribution in [0.15, 0.2) is 64.3 Å². The number of nitrogens with zero attached hydrogens (tertiary/aromatic N) is 3. The summed E-state index contributed by atoms with van der Waals surface area (Å²) in [6, 6.07) is 13.1. The molecule has 8 nitrogen and oxygen atoms in total. The number of halogens is 1. The zero-order valence-corrected chi connectivity index (χ0v) is 17.7. The number of nitrogens with one attached hydrogen (secondary N) is 1. The number of sulfone groups is 1. The lowest BCUT2D eigenvalue weighted by atomic mass is 10.1. The molecule has 0 aliphatic carbocycles. The molecule has 1 N–H and O–H groups in total. The van der Waals surface area contributed by atoms with Crippen LogP contribution in [-0.4, -0.2) is 35.3 Å². The van der Waals surface area contributed by atoms with Gasteiger partial charge in [-0.1, -0.05) is 23.5 Å². The van der Waals surface area contributed by atoms with E-state index in [1.54, 1.807) is 18.2 Å². The van der Waals surface area contributed by atoms with Crippen LogP contribution in [0.25, 0.3) is 21.5 Å². The molecule has 0 spiro atoms. The third kappa shape index (κ3) is 4.52. The summed E-state index contributed by atoms with van der Waals surface area (Å²) < 4.78 is 38.9. The van der Waals surface area contributed by atoms with Gasteiger partial charge in [-0.25, -0.2) is 22.5 Å². The van der Waals surface area contributed by atoms with Crippen molar-refractivity contribution in [1.29, 1.82) is 0 Å². The molecule has 0 saturated heterocycles. The molecule has 0 unspecified atom stereocenters. The minimum absolute atomic E-state index is 0.155. The van der Waals surface area contributed by atoms with Gasteiger partial charge in [-0.05, 0) is 36.4 Å². The van der Waals surface area contributed by atoms with Crippen molar-refractivity contribution >= 4 is 42.4 Å². The van der Waals surface area contributed by atoms with Gasteiger partial charge in [-0.15, -0.1) is 0 Å². The monoisotopic (exact) mass is 458 g/mol. The Hall–Kier alpha value is -3.44. The first-order chi connectivity index (χ1) is 14.7. The van der Waals surface area contributed by atoms with Crippen molar-refractivity contribution in [3.63, 3.8) is 0 Å². The molecule has 2 aromatic heterocycles. The van der Waals surface area contributed by atoms with Gasteiger partial charge < -0.3 is 5.32 Å². The average Bonchev–Trinajstić information content (AvgIpc) is 3.10. The van der Waals surface area contributed by atoms with Crippen LogP contribution in [0.4, 0.5) is 9.52 Å². The molecular formula is C20H15FN4O4S2. The van der Waals surface area contributed by atoms with Crippen LogP contribution >= 0.6 is 11.3 Å². The van der Waals surface area contributed by atoms with Crippen molar-refractivity contribution in [1.82, 2.24) is 14.8 Å². The van der Waals surface area contributed by atoms with Gasteiger partial charge in [0.15, 0.2) is 15.0 Å². The largest absolute Gasteiger partial charge is 0.300 e. The van der Waals surface area contributed by atoms with Crippen LogP contribution in [0.3, 0.4) is 0 Å². The molecule has 0 aliphatic rings. The fourth-order valence-corrected chi connectivity index (χ4v) is 4.50. The van der Waals surface area contributed by atoms with E-state index in [4.69, 9.17) is 0 Å². The fourth-order valence-electron chi connectivity index (χ4n) is 2.86. The highest BCUT2D eigenvalue weighted by Crippen LogP contribution is 2.28. The van der Waals surface area contributed by atoms with E-state index in [2.05, 4.69) is 15.4 Å². The molecule has 0 saturated carbocycles. The van der Waals surface area contributed by atoms with Crippen molar-refractivity contribution in [3.8, 4) is 11.3 Å². The fraction of sp³-hybridized carbons (Fsp3) is 0.100. The zero-order valence-electron chi connectivity index (χ0n) is 16.1. The normalized spacial score (nSPS) is 11.5. The maximum absolute atomic E-state index is 14.0. The van der Waals surface area contributed by atoms with E-state index in [0.717, 1.165) is 22.3 Å². The Morgan fingerprint density at radius 3 is 2.68 bits per heavy atom. The van der Waals surface area contributed by atoms with Crippen LogP contribution in [0, 0.1) is 5.82 Å². The van der Waals surface area contributed by atoms with Crippen molar-refractivity contribution in [2.75, 3.05) is 11.6 Å². The number of hydrogen-bond acceptors (Lipinski definition) is 7. The summed E-state index contributed by atoms with van der Waals surface area (Å²) >= 11 is 1.11. The highest BCUT2D eigenvalue weighted by atomic mass is 32.2. The lowest BCUT2D eigenvalue weighted by Gasteiger charge is -2.07. The molecule has 4 rings (SSSR count). The molecule has 0 radical (unpaired) electrons. The van der Waals surface area contributed by atoms with Crippen molar-refractivity contribution < 1.29 is 17.6 Å². The van der Waals surface area contributed by atoms with Gasteiger partial charge in [0.05, 0.1) is 20.8 Å². The van der Waals surface area contributed by atoms with Crippen LogP contribution in [0.2, 0.25) is 0 Å². The number of amides is 1. The Labute approximate surface area is 179 Å². The second kappa shape index (κ2) is 8.00. The average molecular weight is 458 g/mol. The zero-order chi connectivity index (χ0) is 22.2. The van der Waals surface area contributed by atoms with E-state index in [0.29, 0.717) is 10.2 Å². The number of rotatable bonds is 5. The smallest absolute Gasteiger partial charge is 0.267 e. The molecule has 0 atom stereocenters. The molecule has 31 heavy (non-hydrogen) atoms. The maximum Gasteiger partial charge on any atom is 0.267 e. The van der Waals surface area contributed by atoms with E-state index < -0.39 is 33.7 Å². The summed E-state index contributed by atoms with van der Waals surface area (Å²) in [7, 11) is -3.37. The number of hydrogen-bond donors (Lipinski definition) is 1. The Bertz CT molecular complexity index is 1480. The minimum atomic E-state index is -3.37. The van der Waals surface area contributed by atoms with Gasteiger partial charge in [0.25, 0.3) is 5.56 Å². The van der Waals surface area contributed by atoms with Gasteiger partial charge in [-0.2, -0.15) is 5.10 Å². The summed E-state index contributed by atoms with van der Waals surface area (Å²) in [6.45, 7) is -0.397. The Balaban J connectivity index is 1.56. The van der Waals surface area contributed by atoms with E-state index >= 15 is 0 Å². The van der Waals surface area contributed by atoms with Gasteiger partial charge in [-0.3, -0.25) is 9.59 Å². The van der Waals surface area contributed by atoms with Crippen LogP contribution in [0.5, 0.6) is 0 Å². The predicted octanol–water partition coefficient (Wildman–Crippen LogP) is 2.70. The van der Waals surface area contributed by atoms with Crippen LogP contribution in [0.1, 0.15) is 0 Å². The summed E-state index contributed by atoms with van der Waals surface area (Å²) in [5.41, 5.74) is 0.449. The first-order valence-electron chi connectivity index (χ1n) is 8.94. The molecule has 1 amide bonds. The summed E-state index contributed by atoms with van der Waals surface area (Å²) in [6.07, 6.45) is 1.11. The number of anilines is 1. The van der Waals surface area contributed by atoms with Crippen molar-refractivity contribution in [3.05, 3.63) is 70.8 Å². The molecule has 11 heteroatoms. The maximum atomic E-state index is 14.0. The topological polar surface area (TPSA) is 111 Å². The molecule has 4 aromatic rings. The lowest BCUT2D eigenvalue weighted by molar-refractivity contribution is -0.117. The molecule has 2 heterocycles. The van der Waals surface area contributed by atoms with Gasteiger partial charge >= 0.3 is 0 Å². The standard InChI is InChI=1S/C20H15FN4O4S2/c1-31(28,29)12-6-7-16-17(10-12)30-20(22-16)23-18(26)11-25-19(27)9-8-15(24-25)13-4-2-3-5-14(13)21/h2-10H,11H2,1H3,(H,22,23,26). The second-order valence-electron chi connectivity index (χ2n) is 6.66. The number of carbonyl (C=O) groups is 1. The predicted molar refractivity (Wildman–Crippen MR) is 115 cm³/mol. The highest BCUT2D eigenvalue weighted by molar-refractivity contribution is 7.90. The minimum Gasteiger partial charge on any atom is -0.300 e. The number of thiazole rings is 1. The van der Waals surface area contributed by atoms with E-state index in [-0.39, 0.29) is 21.3 Å². The first-order valence-corrected chi connectivity index (χ1v) is 11.6. The van der Waals surface area contributed by atoms with Crippen LogP contribution < -0.4 is 10.9 Å². The third-order valence-corrected chi connectivity index (χ3v) is 6.39. The van der Waals surface area contributed by atoms with Crippen LogP contribution in [-0.2, 0) is 21.2 Å². The SMILES string of the molecule is CS(=O)(=O)c1ccc2nc(NC(=O)Cn3nc(-c4ccccc4F)ccc3=O)sc2c1. The molecule has 2 aromatic carbocycles. The summed E-state index contributed by atoms with van der Waals surface area (Å²) in [5.74, 6) is -1.05. The van der Waals surface area contributed by atoms with Crippen molar-refractivity contribution in [2.24, 2.45) is 0 Å². The molecule has 0 fully saturated rings. The van der Waals surface area contributed by atoms with E-state index in [1.165, 1.54) is 36.4 Å². The number of fused-ring (bicyclic) bond motifs is 1. The van der Waals surface area contributed by atoms with Crippen molar-refractivity contribution in [2.45, 2.75) is 11.4 Å².